The lowest BCUT2D eigenvalue weighted by Gasteiger charge is -2.36. The number of aliphatic imine (C=N–C) groups is 1. The molecule has 45 heavy (non-hydrogen) atoms. The summed E-state index contributed by atoms with van der Waals surface area (Å²) in [5.74, 6) is 0. The van der Waals surface area contributed by atoms with Crippen molar-refractivity contribution in [2.45, 2.75) is 37.9 Å². The molecule has 5 aromatic carbocycles. The van der Waals surface area contributed by atoms with Crippen LogP contribution in [0, 0.1) is 0 Å². The predicted molar refractivity (Wildman–Crippen MR) is 185 cm³/mol. The molecule has 3 heteroatoms. The molecule has 3 nitrogen and oxygen atoms in total. The van der Waals surface area contributed by atoms with Gasteiger partial charge in [-0.25, -0.2) is 0 Å². The van der Waals surface area contributed by atoms with Crippen LogP contribution in [0.2, 0.25) is 0 Å². The Labute approximate surface area is 265 Å². The maximum atomic E-state index is 5.30. The van der Waals surface area contributed by atoms with Crippen molar-refractivity contribution in [1.29, 1.82) is 0 Å². The van der Waals surface area contributed by atoms with Gasteiger partial charge in [0, 0.05) is 17.2 Å². The van der Waals surface area contributed by atoms with Crippen molar-refractivity contribution in [2.24, 2.45) is 4.99 Å². The SMILES string of the molecule is CC(N=C1c2ccccc2-c2ccccc21)c1cccc(C(C)NC2(Cc3ccccc3)c3ccccc3-c3ccccc32)n1. The van der Waals surface area contributed by atoms with E-state index in [0.29, 0.717) is 0 Å². The van der Waals surface area contributed by atoms with Gasteiger partial charge >= 0.3 is 0 Å². The number of nitrogens with zero attached hydrogens (tertiary/aromatic N) is 2. The molecule has 0 fully saturated rings. The molecule has 2 unspecified atom stereocenters. The summed E-state index contributed by atoms with van der Waals surface area (Å²) in [5.41, 5.74) is 14.1. The largest absolute Gasteiger partial charge is 0.295 e. The third kappa shape index (κ3) is 4.63. The minimum absolute atomic E-state index is 0.0133. The van der Waals surface area contributed by atoms with Crippen LogP contribution in [0.5, 0.6) is 0 Å². The topological polar surface area (TPSA) is 37.3 Å². The van der Waals surface area contributed by atoms with E-state index in [0.717, 1.165) is 23.5 Å². The van der Waals surface area contributed by atoms with Gasteiger partial charge < -0.3 is 0 Å². The van der Waals surface area contributed by atoms with Crippen LogP contribution in [0.25, 0.3) is 22.3 Å². The number of nitrogens with one attached hydrogen (secondary N) is 1. The van der Waals surface area contributed by atoms with E-state index in [1.807, 2.05) is 0 Å². The average Bonchev–Trinajstić information content (AvgIpc) is 3.55. The maximum absolute atomic E-state index is 5.30. The summed E-state index contributed by atoms with van der Waals surface area (Å²) in [6, 6.07) is 51.9. The standard InChI is InChI=1S/C42H35N3/c1-28(43-41-35-21-8-6-17-31(35)32-18-7-9-22-36(32)41)39-25-14-26-40(44-39)29(2)45-42(27-30-15-4-3-5-16-30)37-23-12-10-19-33(37)34-20-11-13-24-38(34)42/h3-26,28-29,45H,27H2,1-2H3. The normalized spacial score (nSPS) is 15.0. The van der Waals surface area contributed by atoms with Gasteiger partial charge in [0.05, 0.1) is 28.7 Å². The quantitative estimate of drug-likeness (QED) is 0.204. The summed E-state index contributed by atoms with van der Waals surface area (Å²) in [4.78, 5) is 10.5. The van der Waals surface area contributed by atoms with Crippen LogP contribution in [0.15, 0.2) is 151 Å². The van der Waals surface area contributed by atoms with Gasteiger partial charge in [0.1, 0.15) is 0 Å². The zero-order valence-corrected chi connectivity index (χ0v) is 25.6. The minimum atomic E-state index is -0.394. The lowest BCUT2D eigenvalue weighted by atomic mass is 9.80. The molecule has 2 aliphatic rings. The number of rotatable bonds is 7. The van der Waals surface area contributed by atoms with E-state index in [-0.39, 0.29) is 12.1 Å². The second-order valence-corrected chi connectivity index (χ2v) is 12.3. The van der Waals surface area contributed by atoms with Crippen LogP contribution in [-0.4, -0.2) is 10.7 Å². The van der Waals surface area contributed by atoms with Crippen molar-refractivity contribution >= 4 is 5.71 Å². The minimum Gasteiger partial charge on any atom is -0.295 e. The zero-order valence-electron chi connectivity index (χ0n) is 25.6. The van der Waals surface area contributed by atoms with Crippen LogP contribution in [0.3, 0.4) is 0 Å². The second-order valence-electron chi connectivity index (χ2n) is 12.3. The third-order valence-electron chi connectivity index (χ3n) is 9.48. The summed E-state index contributed by atoms with van der Waals surface area (Å²) in [5, 5.41) is 4.14. The summed E-state index contributed by atoms with van der Waals surface area (Å²) in [6.45, 7) is 4.39. The fourth-order valence-corrected chi connectivity index (χ4v) is 7.40. The van der Waals surface area contributed by atoms with E-state index >= 15 is 0 Å². The van der Waals surface area contributed by atoms with Gasteiger partial charge in [-0.1, -0.05) is 133 Å². The van der Waals surface area contributed by atoms with E-state index < -0.39 is 5.54 Å². The fourth-order valence-electron chi connectivity index (χ4n) is 7.40. The molecule has 6 aromatic rings. The van der Waals surface area contributed by atoms with E-state index in [4.69, 9.17) is 9.98 Å². The van der Waals surface area contributed by atoms with Crippen molar-refractivity contribution in [3.63, 3.8) is 0 Å². The Morgan fingerprint density at radius 1 is 0.533 bits per heavy atom. The number of hydrogen-bond donors (Lipinski definition) is 1. The van der Waals surface area contributed by atoms with Gasteiger partial charge in [0.15, 0.2) is 0 Å². The Morgan fingerprint density at radius 2 is 1.02 bits per heavy atom. The molecule has 0 aliphatic heterocycles. The number of aromatic nitrogens is 1. The molecule has 1 heterocycles. The van der Waals surface area contributed by atoms with Gasteiger partial charge in [0.25, 0.3) is 0 Å². The molecule has 0 bridgehead atoms. The molecule has 0 amide bonds. The Kier molecular flexibility index (Phi) is 6.77. The van der Waals surface area contributed by atoms with E-state index in [2.05, 4.69) is 165 Å². The molecular formula is C42H35N3. The first kappa shape index (κ1) is 27.4. The highest BCUT2D eigenvalue weighted by Crippen LogP contribution is 2.50. The molecule has 2 aliphatic carbocycles. The number of benzene rings is 5. The average molecular weight is 582 g/mol. The lowest BCUT2D eigenvalue weighted by molar-refractivity contribution is 0.357. The van der Waals surface area contributed by atoms with Crippen LogP contribution < -0.4 is 5.32 Å². The molecular weight excluding hydrogens is 546 g/mol. The third-order valence-corrected chi connectivity index (χ3v) is 9.48. The van der Waals surface area contributed by atoms with Crippen LogP contribution in [0.1, 0.15) is 65.1 Å². The van der Waals surface area contributed by atoms with E-state index in [1.54, 1.807) is 0 Å². The molecule has 0 saturated heterocycles. The van der Waals surface area contributed by atoms with Crippen molar-refractivity contribution in [2.75, 3.05) is 0 Å². The highest BCUT2D eigenvalue weighted by atomic mass is 15.0. The Morgan fingerprint density at radius 3 is 1.62 bits per heavy atom. The number of pyridine rings is 1. The second kappa shape index (κ2) is 11.1. The first-order valence-corrected chi connectivity index (χ1v) is 15.9. The molecule has 1 N–H and O–H groups in total. The molecule has 1 aromatic heterocycles. The first-order valence-electron chi connectivity index (χ1n) is 15.9. The molecule has 0 spiro atoms. The number of hydrogen-bond acceptors (Lipinski definition) is 3. The van der Waals surface area contributed by atoms with E-state index in [9.17, 15) is 0 Å². The number of fused-ring (bicyclic) bond motifs is 6. The Bertz CT molecular complexity index is 1970. The van der Waals surface area contributed by atoms with E-state index in [1.165, 1.54) is 50.1 Å². The van der Waals surface area contributed by atoms with Gasteiger partial charge in [-0.15, -0.1) is 0 Å². The monoisotopic (exact) mass is 581 g/mol. The van der Waals surface area contributed by atoms with Crippen molar-refractivity contribution in [1.82, 2.24) is 10.3 Å². The summed E-state index contributed by atoms with van der Waals surface area (Å²) in [6.07, 6.45) is 0.842. The zero-order chi connectivity index (χ0) is 30.4. The molecule has 2 atom stereocenters. The van der Waals surface area contributed by atoms with Crippen LogP contribution >= 0.6 is 0 Å². The molecule has 0 saturated carbocycles. The smallest absolute Gasteiger partial charge is 0.0899 e. The lowest BCUT2D eigenvalue weighted by Crippen LogP contribution is -2.45. The Balaban J connectivity index is 1.16. The van der Waals surface area contributed by atoms with Crippen molar-refractivity contribution < 1.29 is 0 Å². The van der Waals surface area contributed by atoms with Gasteiger partial charge in [-0.3, -0.25) is 15.3 Å². The molecule has 218 valence electrons. The molecule has 8 rings (SSSR count). The Hall–Kier alpha value is -5.12. The molecule has 0 radical (unpaired) electrons. The van der Waals surface area contributed by atoms with Crippen molar-refractivity contribution in [3.05, 3.63) is 185 Å². The summed E-state index contributed by atoms with van der Waals surface area (Å²) >= 11 is 0. The fraction of sp³-hybridized carbons (Fsp3) is 0.143. The van der Waals surface area contributed by atoms with Crippen molar-refractivity contribution in [3.8, 4) is 22.3 Å². The summed E-state index contributed by atoms with van der Waals surface area (Å²) < 4.78 is 0. The van der Waals surface area contributed by atoms with Crippen LogP contribution in [0.4, 0.5) is 0 Å². The van der Waals surface area contributed by atoms with Crippen LogP contribution in [-0.2, 0) is 12.0 Å². The van der Waals surface area contributed by atoms with Gasteiger partial charge in [-0.2, -0.15) is 0 Å². The van der Waals surface area contributed by atoms with Gasteiger partial charge in [0.2, 0.25) is 0 Å². The maximum Gasteiger partial charge on any atom is 0.0899 e. The summed E-state index contributed by atoms with van der Waals surface area (Å²) in [7, 11) is 0. The van der Waals surface area contributed by atoms with Gasteiger partial charge in [-0.05, 0) is 71.3 Å². The first-order chi connectivity index (χ1) is 22.1. The predicted octanol–water partition coefficient (Wildman–Crippen LogP) is 9.48. The highest BCUT2D eigenvalue weighted by Gasteiger charge is 2.44. The highest BCUT2D eigenvalue weighted by molar-refractivity contribution is 6.24.